The van der Waals surface area contributed by atoms with Crippen molar-refractivity contribution in [2.45, 2.75) is 19.3 Å². The lowest BCUT2D eigenvalue weighted by atomic mass is 10.0. The van der Waals surface area contributed by atoms with Crippen molar-refractivity contribution in [3.8, 4) is 0 Å². The van der Waals surface area contributed by atoms with E-state index in [1.807, 2.05) is 67.7 Å². The molecule has 3 aromatic carbocycles. The summed E-state index contributed by atoms with van der Waals surface area (Å²) in [5, 5.41) is 8.13. The van der Waals surface area contributed by atoms with Gasteiger partial charge in [0.05, 0.1) is 13.1 Å². The Morgan fingerprint density at radius 3 is 2.20 bits per heavy atom. The van der Waals surface area contributed by atoms with Crippen molar-refractivity contribution in [1.29, 1.82) is 0 Å². The molecule has 0 aliphatic carbocycles. The third kappa shape index (κ3) is 10.7. The largest absolute Gasteiger partial charge is 0.369 e. The number of hydrogen-bond donors (Lipinski definition) is 1. The highest BCUT2D eigenvalue weighted by Gasteiger charge is 2.25. The van der Waals surface area contributed by atoms with E-state index in [9.17, 15) is 9.59 Å². The van der Waals surface area contributed by atoms with Gasteiger partial charge in [-0.15, -0.1) is 0 Å². The molecule has 10 heteroatoms. The maximum absolute atomic E-state index is 13.3. The number of likely N-dealkylation sites (tertiary alicyclic amines) is 1. The summed E-state index contributed by atoms with van der Waals surface area (Å²) in [5.41, 5.74) is 4.03. The van der Waals surface area contributed by atoms with Crippen molar-refractivity contribution in [3.63, 3.8) is 0 Å². The quantitative estimate of drug-likeness (QED) is 0.274. The van der Waals surface area contributed by atoms with E-state index >= 15 is 0 Å². The fourth-order valence-corrected chi connectivity index (χ4v) is 6.03. The zero-order valence-corrected chi connectivity index (χ0v) is 28.0. The van der Waals surface area contributed by atoms with Crippen LogP contribution >= 0.6 is 23.2 Å². The van der Waals surface area contributed by atoms with Crippen LogP contribution < -0.4 is 15.1 Å². The van der Waals surface area contributed by atoms with E-state index in [1.54, 1.807) is 17.0 Å². The molecule has 0 bridgehead atoms. The number of benzene rings is 3. The van der Waals surface area contributed by atoms with E-state index in [2.05, 4.69) is 32.3 Å². The number of para-hydroxylation sites is 1. The number of piperazine rings is 1. The van der Waals surface area contributed by atoms with Crippen LogP contribution in [0, 0.1) is 0 Å². The third-order valence-corrected chi connectivity index (χ3v) is 8.84. The normalized spacial score (nSPS) is 15.3. The van der Waals surface area contributed by atoms with Gasteiger partial charge in [0.1, 0.15) is 6.29 Å². The number of hydrazine groups is 1. The van der Waals surface area contributed by atoms with E-state index in [0.717, 1.165) is 55.8 Å². The number of nitrogens with one attached hydrogen (secondary N) is 1. The third-order valence-electron chi connectivity index (χ3n) is 8.36. The Hall–Kier alpha value is -3.14. The predicted octanol–water partition coefficient (Wildman–Crippen LogP) is 5.09. The standard InChI is InChI=1S/C28H30Cl2N4O2.C7H16N2/c1-31(34-15-13-32(14-16-34)26-5-3-2-4-6-26)28(36)21-33(17-18-35)27-20-25(30)12-9-23(27)19-22-7-10-24(29)11-8-22;1-8-4-7-9-5-2-3-6-9/h2-12,18,20H,13-17,19,21H2,1H3;8H,2-7H2,1H3. The van der Waals surface area contributed by atoms with Gasteiger partial charge in [-0.05, 0) is 86.9 Å². The molecule has 2 aliphatic rings. The summed E-state index contributed by atoms with van der Waals surface area (Å²) in [5.74, 6) is -0.0811. The van der Waals surface area contributed by atoms with Crippen molar-refractivity contribution >= 4 is 46.8 Å². The van der Waals surface area contributed by atoms with Crippen molar-refractivity contribution in [2.24, 2.45) is 0 Å². The van der Waals surface area contributed by atoms with Gasteiger partial charge in [0.25, 0.3) is 5.91 Å². The number of hydrogen-bond acceptors (Lipinski definition) is 7. The maximum Gasteiger partial charge on any atom is 0.256 e. The van der Waals surface area contributed by atoms with E-state index in [4.69, 9.17) is 23.2 Å². The van der Waals surface area contributed by atoms with E-state index < -0.39 is 0 Å². The molecular formula is C35H46Cl2N6O2. The number of carbonyl (C=O) groups is 2. The summed E-state index contributed by atoms with van der Waals surface area (Å²) in [7, 11) is 3.81. The first-order valence-electron chi connectivity index (χ1n) is 15.8. The van der Waals surface area contributed by atoms with Gasteiger partial charge in [-0.3, -0.25) is 9.80 Å². The smallest absolute Gasteiger partial charge is 0.256 e. The molecule has 45 heavy (non-hydrogen) atoms. The molecule has 1 amide bonds. The molecule has 0 unspecified atom stereocenters. The fourth-order valence-electron chi connectivity index (χ4n) is 5.73. The van der Waals surface area contributed by atoms with Crippen molar-refractivity contribution < 1.29 is 9.59 Å². The predicted molar refractivity (Wildman–Crippen MR) is 187 cm³/mol. The minimum atomic E-state index is -0.0811. The Kier molecular flexibility index (Phi) is 14.0. The second kappa shape index (κ2) is 18.1. The molecule has 2 saturated heterocycles. The molecule has 0 radical (unpaired) electrons. The summed E-state index contributed by atoms with van der Waals surface area (Å²) in [4.78, 5) is 31.5. The average molecular weight is 654 g/mol. The number of halogens is 2. The van der Waals surface area contributed by atoms with Crippen LogP contribution in [0.2, 0.25) is 10.0 Å². The summed E-state index contributed by atoms with van der Waals surface area (Å²) >= 11 is 12.4. The summed E-state index contributed by atoms with van der Waals surface area (Å²) in [6.45, 7) is 8.32. The molecular weight excluding hydrogens is 607 g/mol. The van der Waals surface area contributed by atoms with Crippen LogP contribution in [-0.4, -0.2) is 107 Å². The van der Waals surface area contributed by atoms with Gasteiger partial charge in [0.15, 0.2) is 0 Å². The second-order valence-electron chi connectivity index (χ2n) is 11.5. The molecule has 3 aromatic rings. The lowest BCUT2D eigenvalue weighted by molar-refractivity contribution is -0.144. The maximum atomic E-state index is 13.3. The molecule has 242 valence electrons. The molecule has 0 spiro atoms. The van der Waals surface area contributed by atoms with Gasteiger partial charge in [0.2, 0.25) is 0 Å². The summed E-state index contributed by atoms with van der Waals surface area (Å²) < 4.78 is 0. The molecule has 2 aliphatic heterocycles. The Balaban J connectivity index is 0.000000440. The van der Waals surface area contributed by atoms with Crippen molar-refractivity contribution in [2.75, 3.05) is 89.3 Å². The molecule has 0 atom stereocenters. The van der Waals surface area contributed by atoms with Gasteiger partial charge in [-0.25, -0.2) is 5.01 Å². The highest BCUT2D eigenvalue weighted by atomic mass is 35.5. The number of likely N-dealkylation sites (N-methyl/N-ethyl adjacent to an activating group) is 2. The fraction of sp³-hybridized carbons (Fsp3) is 0.429. The van der Waals surface area contributed by atoms with Gasteiger partial charge in [0, 0.05) is 67.7 Å². The van der Waals surface area contributed by atoms with Crippen LogP contribution in [-0.2, 0) is 16.0 Å². The minimum Gasteiger partial charge on any atom is -0.369 e. The summed E-state index contributed by atoms with van der Waals surface area (Å²) in [6, 6.07) is 23.5. The SMILES string of the molecule is CN(C(=O)CN(CC=O)c1cc(Cl)ccc1Cc1ccc(Cl)cc1)N1CCN(c2ccccc2)CC1.CNCCN1CCCC1. The van der Waals surface area contributed by atoms with Crippen LogP contribution in [0.15, 0.2) is 72.8 Å². The molecule has 0 aromatic heterocycles. The first-order chi connectivity index (χ1) is 21.9. The Bertz CT molecular complexity index is 1330. The highest BCUT2D eigenvalue weighted by molar-refractivity contribution is 6.31. The van der Waals surface area contributed by atoms with Gasteiger partial charge < -0.3 is 24.8 Å². The Morgan fingerprint density at radius 2 is 1.56 bits per heavy atom. The number of rotatable bonds is 12. The van der Waals surface area contributed by atoms with Crippen LogP contribution in [0.4, 0.5) is 11.4 Å². The molecule has 0 saturated carbocycles. The molecule has 8 nitrogen and oxygen atoms in total. The van der Waals surface area contributed by atoms with Gasteiger partial charge in [-0.2, -0.15) is 0 Å². The first kappa shape index (κ1) is 34.7. The topological polar surface area (TPSA) is 62.4 Å². The summed E-state index contributed by atoms with van der Waals surface area (Å²) in [6.07, 6.45) is 4.26. The van der Waals surface area contributed by atoms with E-state index in [0.29, 0.717) is 16.5 Å². The van der Waals surface area contributed by atoms with Crippen LogP contribution in [0.3, 0.4) is 0 Å². The van der Waals surface area contributed by atoms with Crippen LogP contribution in [0.25, 0.3) is 0 Å². The van der Waals surface area contributed by atoms with Gasteiger partial charge >= 0.3 is 0 Å². The van der Waals surface area contributed by atoms with Gasteiger partial charge in [-0.1, -0.05) is 59.6 Å². The zero-order chi connectivity index (χ0) is 32.0. The number of amides is 1. The van der Waals surface area contributed by atoms with Crippen molar-refractivity contribution in [1.82, 2.24) is 20.2 Å². The Labute approximate surface area is 278 Å². The molecule has 2 heterocycles. The van der Waals surface area contributed by atoms with E-state index in [1.165, 1.54) is 38.2 Å². The van der Waals surface area contributed by atoms with Crippen LogP contribution in [0.1, 0.15) is 24.0 Å². The molecule has 2 fully saturated rings. The minimum absolute atomic E-state index is 0.0715. The van der Waals surface area contributed by atoms with Crippen LogP contribution in [0.5, 0.6) is 0 Å². The monoisotopic (exact) mass is 652 g/mol. The number of anilines is 2. The lowest BCUT2D eigenvalue weighted by Gasteiger charge is -2.41. The average Bonchev–Trinajstić information content (AvgIpc) is 3.60. The molecule has 5 rings (SSSR count). The van der Waals surface area contributed by atoms with Crippen molar-refractivity contribution in [3.05, 3.63) is 94.0 Å². The number of nitrogens with zero attached hydrogens (tertiary/aromatic N) is 5. The first-order valence-corrected chi connectivity index (χ1v) is 16.5. The highest BCUT2D eigenvalue weighted by Crippen LogP contribution is 2.28. The zero-order valence-electron chi connectivity index (χ0n) is 26.5. The Morgan fingerprint density at radius 1 is 0.889 bits per heavy atom. The number of aldehydes is 1. The lowest BCUT2D eigenvalue weighted by Crippen LogP contribution is -2.56. The van der Waals surface area contributed by atoms with E-state index in [-0.39, 0.29) is 19.0 Å². The molecule has 1 N–H and O–H groups in total. The number of carbonyl (C=O) groups excluding carboxylic acids is 2. The second-order valence-corrected chi connectivity index (χ2v) is 12.3.